The molecule has 0 aliphatic heterocycles. The molecule has 0 heterocycles. The van der Waals surface area contributed by atoms with Crippen molar-refractivity contribution < 1.29 is 0 Å². The Morgan fingerprint density at radius 1 is 1.05 bits per heavy atom. The van der Waals surface area contributed by atoms with Crippen LogP contribution in [0.25, 0.3) is 0 Å². The van der Waals surface area contributed by atoms with Crippen LogP contribution in [0, 0.1) is 0 Å². The quantitative estimate of drug-likeness (QED) is 0.767. The van der Waals surface area contributed by atoms with Crippen molar-refractivity contribution in [1.82, 2.24) is 0 Å². The molecule has 0 spiro atoms. The van der Waals surface area contributed by atoms with Gasteiger partial charge in [0.2, 0.25) is 0 Å². The number of hydrogen-bond acceptors (Lipinski definition) is 3. The molecule has 0 saturated heterocycles. The van der Waals surface area contributed by atoms with Gasteiger partial charge in [-0.15, -0.1) is 0 Å². The van der Waals surface area contributed by atoms with E-state index in [0.717, 1.165) is 29.2 Å². The van der Waals surface area contributed by atoms with E-state index < -0.39 is 0 Å². The van der Waals surface area contributed by atoms with E-state index in [1.807, 2.05) is 30.0 Å². The molecule has 0 fully saturated rings. The molecule has 0 radical (unpaired) electrons. The predicted molar refractivity (Wildman–Crippen MR) is 91.1 cm³/mol. The molecule has 20 heavy (non-hydrogen) atoms. The molecule has 3 heteroatoms. The van der Waals surface area contributed by atoms with Crippen LogP contribution in [0.1, 0.15) is 25.0 Å². The number of anilines is 2. The van der Waals surface area contributed by atoms with Gasteiger partial charge in [0.25, 0.3) is 0 Å². The Morgan fingerprint density at radius 2 is 1.75 bits per heavy atom. The zero-order valence-corrected chi connectivity index (χ0v) is 12.9. The van der Waals surface area contributed by atoms with Crippen molar-refractivity contribution in [2.75, 3.05) is 11.1 Å². The monoisotopic (exact) mass is 286 g/mol. The fourth-order valence-electron chi connectivity index (χ4n) is 1.87. The maximum Gasteiger partial charge on any atom is 0.0421 e. The largest absolute Gasteiger partial charge is 0.398 e. The third kappa shape index (κ3) is 4.49. The van der Waals surface area contributed by atoms with Crippen LogP contribution in [-0.4, -0.2) is 5.25 Å². The lowest BCUT2D eigenvalue weighted by Gasteiger charge is -2.10. The predicted octanol–water partition coefficient (Wildman–Crippen LogP) is 4.52. The summed E-state index contributed by atoms with van der Waals surface area (Å²) in [6.07, 6.45) is 0. The van der Waals surface area contributed by atoms with Crippen molar-refractivity contribution in [3.63, 3.8) is 0 Å². The minimum Gasteiger partial charge on any atom is -0.398 e. The smallest absolute Gasteiger partial charge is 0.0421 e. The Labute approximate surface area is 125 Å². The fourth-order valence-corrected chi connectivity index (χ4v) is 2.59. The highest BCUT2D eigenvalue weighted by Crippen LogP contribution is 2.19. The average molecular weight is 286 g/mol. The van der Waals surface area contributed by atoms with Crippen LogP contribution in [0.5, 0.6) is 0 Å². The van der Waals surface area contributed by atoms with Crippen LogP contribution >= 0.6 is 11.8 Å². The average Bonchev–Trinajstić information content (AvgIpc) is 2.45. The summed E-state index contributed by atoms with van der Waals surface area (Å²) in [5.41, 5.74) is 10.4. The first-order chi connectivity index (χ1) is 9.65. The molecule has 0 bridgehead atoms. The Morgan fingerprint density at radius 3 is 2.40 bits per heavy atom. The first kappa shape index (κ1) is 14.8. The lowest BCUT2D eigenvalue weighted by atomic mass is 10.1. The van der Waals surface area contributed by atoms with Gasteiger partial charge in [0.1, 0.15) is 0 Å². The van der Waals surface area contributed by atoms with Crippen LogP contribution < -0.4 is 11.1 Å². The van der Waals surface area contributed by atoms with Crippen LogP contribution in [0.4, 0.5) is 11.4 Å². The minimum atomic E-state index is 0.675. The molecular formula is C17H22N2S. The zero-order chi connectivity index (χ0) is 14.4. The van der Waals surface area contributed by atoms with Crippen molar-refractivity contribution in [1.29, 1.82) is 0 Å². The van der Waals surface area contributed by atoms with Crippen LogP contribution in [0.15, 0.2) is 48.5 Å². The Balaban J connectivity index is 1.89. The molecule has 2 rings (SSSR count). The first-order valence-electron chi connectivity index (χ1n) is 6.93. The molecule has 0 aliphatic carbocycles. The molecule has 2 aromatic carbocycles. The number of thioether (sulfide) groups is 1. The van der Waals surface area contributed by atoms with Crippen molar-refractivity contribution in [3.05, 3.63) is 59.7 Å². The first-order valence-corrected chi connectivity index (χ1v) is 7.98. The van der Waals surface area contributed by atoms with Gasteiger partial charge in [0.05, 0.1) is 0 Å². The molecule has 0 unspecified atom stereocenters. The molecule has 0 aromatic heterocycles. The van der Waals surface area contributed by atoms with E-state index in [1.54, 1.807) is 0 Å². The van der Waals surface area contributed by atoms with E-state index in [2.05, 4.69) is 49.5 Å². The molecule has 0 amide bonds. The van der Waals surface area contributed by atoms with Gasteiger partial charge in [-0.05, 0) is 34.6 Å². The standard InChI is InChI=1S/C17H22N2S/c1-13(2)20-12-14-7-9-16(10-8-14)19-11-15-5-3-4-6-17(15)18/h3-10,13,19H,11-12,18H2,1-2H3. The van der Waals surface area contributed by atoms with Gasteiger partial charge in [-0.3, -0.25) is 0 Å². The fraction of sp³-hybridized carbons (Fsp3) is 0.294. The normalized spacial score (nSPS) is 10.8. The number of nitrogen functional groups attached to an aromatic ring is 1. The second-order valence-corrected chi connectivity index (χ2v) is 6.67. The van der Waals surface area contributed by atoms with Gasteiger partial charge in [-0.1, -0.05) is 44.2 Å². The lowest BCUT2D eigenvalue weighted by molar-refractivity contribution is 1.11. The third-order valence-electron chi connectivity index (χ3n) is 3.08. The Bertz CT molecular complexity index is 535. The van der Waals surface area contributed by atoms with Gasteiger partial charge < -0.3 is 11.1 Å². The summed E-state index contributed by atoms with van der Waals surface area (Å²) in [4.78, 5) is 0. The number of para-hydroxylation sites is 1. The summed E-state index contributed by atoms with van der Waals surface area (Å²) in [6.45, 7) is 5.21. The molecular weight excluding hydrogens is 264 g/mol. The zero-order valence-electron chi connectivity index (χ0n) is 12.1. The number of hydrogen-bond donors (Lipinski definition) is 2. The van der Waals surface area contributed by atoms with Crippen LogP contribution in [-0.2, 0) is 12.3 Å². The SMILES string of the molecule is CC(C)SCc1ccc(NCc2ccccc2N)cc1. The van der Waals surface area contributed by atoms with E-state index >= 15 is 0 Å². The topological polar surface area (TPSA) is 38.0 Å². The van der Waals surface area contributed by atoms with Crippen molar-refractivity contribution in [2.45, 2.75) is 31.4 Å². The highest BCUT2D eigenvalue weighted by atomic mass is 32.2. The Kier molecular flexibility index (Phi) is 5.36. The molecule has 106 valence electrons. The second kappa shape index (κ2) is 7.25. The van der Waals surface area contributed by atoms with Crippen molar-refractivity contribution >= 4 is 23.1 Å². The van der Waals surface area contributed by atoms with E-state index in [-0.39, 0.29) is 0 Å². The summed E-state index contributed by atoms with van der Waals surface area (Å²) >= 11 is 1.97. The second-order valence-electron chi connectivity index (χ2n) is 5.11. The summed E-state index contributed by atoms with van der Waals surface area (Å²) in [6, 6.07) is 16.6. The van der Waals surface area contributed by atoms with E-state index in [0.29, 0.717) is 5.25 Å². The highest BCUT2D eigenvalue weighted by Gasteiger charge is 2.00. The van der Waals surface area contributed by atoms with Crippen molar-refractivity contribution in [3.8, 4) is 0 Å². The lowest BCUT2D eigenvalue weighted by Crippen LogP contribution is -2.02. The van der Waals surface area contributed by atoms with Crippen molar-refractivity contribution in [2.24, 2.45) is 0 Å². The number of nitrogens with two attached hydrogens (primary N) is 1. The summed E-state index contributed by atoms with van der Waals surface area (Å²) in [7, 11) is 0. The van der Waals surface area contributed by atoms with Gasteiger partial charge in [-0.25, -0.2) is 0 Å². The molecule has 0 aliphatic rings. The minimum absolute atomic E-state index is 0.675. The van der Waals surface area contributed by atoms with Gasteiger partial charge >= 0.3 is 0 Å². The third-order valence-corrected chi connectivity index (χ3v) is 4.24. The molecule has 2 nitrogen and oxygen atoms in total. The Hall–Kier alpha value is -1.61. The van der Waals surface area contributed by atoms with E-state index in [4.69, 9.17) is 5.73 Å². The number of rotatable bonds is 6. The van der Waals surface area contributed by atoms with Crippen LogP contribution in [0.3, 0.4) is 0 Å². The van der Waals surface area contributed by atoms with E-state index in [9.17, 15) is 0 Å². The maximum atomic E-state index is 5.93. The summed E-state index contributed by atoms with van der Waals surface area (Å²) in [5.74, 6) is 1.07. The molecule has 0 saturated carbocycles. The van der Waals surface area contributed by atoms with E-state index in [1.165, 1.54) is 5.56 Å². The molecule has 3 N–H and O–H groups in total. The highest BCUT2D eigenvalue weighted by molar-refractivity contribution is 7.99. The molecule has 0 atom stereocenters. The van der Waals surface area contributed by atoms with Gasteiger partial charge in [-0.2, -0.15) is 11.8 Å². The number of benzene rings is 2. The number of nitrogens with one attached hydrogen (secondary N) is 1. The van der Waals surface area contributed by atoms with Crippen LogP contribution in [0.2, 0.25) is 0 Å². The van der Waals surface area contributed by atoms with Gasteiger partial charge in [0, 0.05) is 23.7 Å². The summed E-state index contributed by atoms with van der Waals surface area (Å²) < 4.78 is 0. The molecule has 2 aromatic rings. The van der Waals surface area contributed by atoms with Gasteiger partial charge in [0.15, 0.2) is 0 Å². The summed E-state index contributed by atoms with van der Waals surface area (Å²) in [5, 5.41) is 4.08. The maximum absolute atomic E-state index is 5.93.